The first kappa shape index (κ1) is 17.5. The molecule has 6 heteroatoms. The largest absolute Gasteiger partial charge is 0.353 e. The molecule has 1 aromatic heterocycles. The zero-order chi connectivity index (χ0) is 16.8. The van der Waals surface area contributed by atoms with E-state index in [4.69, 9.17) is 0 Å². The second-order valence-electron chi connectivity index (χ2n) is 6.85. The third-order valence-corrected chi connectivity index (χ3v) is 4.12. The van der Waals surface area contributed by atoms with Gasteiger partial charge in [-0.2, -0.15) is 5.10 Å². The molecule has 0 radical (unpaired) electrons. The number of nitrogens with zero attached hydrogens (tertiary/aromatic N) is 2. The maximum atomic E-state index is 12.1. The molecule has 0 aromatic carbocycles. The summed E-state index contributed by atoms with van der Waals surface area (Å²) in [5.74, 6) is 1.02. The van der Waals surface area contributed by atoms with Crippen molar-refractivity contribution in [2.45, 2.75) is 71.9 Å². The van der Waals surface area contributed by atoms with E-state index in [0.717, 1.165) is 30.8 Å². The average molecular weight is 320 g/mol. The van der Waals surface area contributed by atoms with Gasteiger partial charge in [0.25, 0.3) is 0 Å². The summed E-state index contributed by atoms with van der Waals surface area (Å²) in [6, 6.07) is 0.306. The van der Waals surface area contributed by atoms with E-state index in [-0.39, 0.29) is 24.7 Å². The minimum Gasteiger partial charge on any atom is -0.353 e. The highest BCUT2D eigenvalue weighted by atomic mass is 16.2. The first-order chi connectivity index (χ1) is 11.0. The van der Waals surface area contributed by atoms with Crippen LogP contribution in [0.15, 0.2) is 6.20 Å². The quantitative estimate of drug-likeness (QED) is 0.811. The molecule has 0 aliphatic heterocycles. The number of aryl methyl sites for hydroxylation is 1. The molecule has 128 valence electrons. The Balaban J connectivity index is 1.80. The van der Waals surface area contributed by atoms with E-state index in [1.165, 1.54) is 12.8 Å². The number of hydrogen-bond acceptors (Lipinski definition) is 3. The van der Waals surface area contributed by atoms with Crippen LogP contribution in [0.1, 0.15) is 57.9 Å². The lowest BCUT2D eigenvalue weighted by Gasteiger charge is -2.13. The third kappa shape index (κ3) is 5.37. The number of carbonyl (C=O) groups is 2. The molecule has 0 saturated heterocycles. The predicted octanol–water partition coefficient (Wildman–Crippen LogP) is 2.63. The lowest BCUT2D eigenvalue weighted by atomic mass is 10.2. The summed E-state index contributed by atoms with van der Waals surface area (Å²) in [5, 5.41) is 10.2. The van der Waals surface area contributed by atoms with Gasteiger partial charge in [-0.1, -0.05) is 26.7 Å². The predicted molar refractivity (Wildman–Crippen MR) is 90.1 cm³/mol. The van der Waals surface area contributed by atoms with Crippen molar-refractivity contribution >= 4 is 17.6 Å². The smallest absolute Gasteiger partial charge is 0.226 e. The Kier molecular flexibility index (Phi) is 6.19. The molecule has 23 heavy (non-hydrogen) atoms. The molecular formula is C17H28N4O2. The third-order valence-electron chi connectivity index (χ3n) is 4.12. The number of aromatic nitrogens is 2. The monoisotopic (exact) mass is 320 g/mol. The molecule has 1 aliphatic carbocycles. The number of carbonyl (C=O) groups excluding carboxylic acids is 2. The van der Waals surface area contributed by atoms with Crippen LogP contribution in [0.2, 0.25) is 0 Å². The molecule has 0 atom stereocenters. The van der Waals surface area contributed by atoms with Gasteiger partial charge < -0.3 is 10.6 Å². The number of nitrogens with one attached hydrogen (secondary N) is 2. The fourth-order valence-corrected chi connectivity index (χ4v) is 2.92. The van der Waals surface area contributed by atoms with Crippen LogP contribution in [0.25, 0.3) is 0 Å². The fourth-order valence-electron chi connectivity index (χ4n) is 2.92. The van der Waals surface area contributed by atoms with Gasteiger partial charge in [0.1, 0.15) is 5.82 Å². The summed E-state index contributed by atoms with van der Waals surface area (Å²) in [6.07, 6.45) is 6.68. The minimum atomic E-state index is -0.139. The highest BCUT2D eigenvalue weighted by Gasteiger charge is 2.18. The van der Waals surface area contributed by atoms with Gasteiger partial charge in [0.2, 0.25) is 11.8 Å². The van der Waals surface area contributed by atoms with Crippen molar-refractivity contribution < 1.29 is 9.59 Å². The highest BCUT2D eigenvalue weighted by molar-refractivity contribution is 5.93. The summed E-state index contributed by atoms with van der Waals surface area (Å²) in [7, 11) is 0. The number of amides is 2. The zero-order valence-electron chi connectivity index (χ0n) is 14.4. The molecule has 6 nitrogen and oxygen atoms in total. The van der Waals surface area contributed by atoms with E-state index in [0.29, 0.717) is 12.0 Å². The average Bonchev–Trinajstić information content (AvgIpc) is 3.09. The molecule has 2 amide bonds. The van der Waals surface area contributed by atoms with Crippen LogP contribution in [0.5, 0.6) is 0 Å². The van der Waals surface area contributed by atoms with E-state index in [1.807, 2.05) is 11.6 Å². The van der Waals surface area contributed by atoms with E-state index in [2.05, 4.69) is 29.6 Å². The Bertz CT molecular complexity index is 545. The van der Waals surface area contributed by atoms with Gasteiger partial charge in [0.15, 0.2) is 0 Å². The standard InChI is InChI=1S/C17H28N4O2/c1-12(2)11-21-17(13(3)10-18-21)20-16(23)9-8-15(22)19-14-6-4-5-7-14/h10,12,14H,4-9,11H2,1-3H3,(H,19,22)(H,20,23). The number of anilines is 1. The van der Waals surface area contributed by atoms with Gasteiger partial charge in [-0.05, 0) is 25.7 Å². The minimum absolute atomic E-state index is 0.0283. The van der Waals surface area contributed by atoms with Gasteiger partial charge in [-0.3, -0.25) is 9.59 Å². The van der Waals surface area contributed by atoms with Gasteiger partial charge in [-0.15, -0.1) is 0 Å². The highest BCUT2D eigenvalue weighted by Crippen LogP contribution is 2.18. The van der Waals surface area contributed by atoms with Gasteiger partial charge in [0, 0.05) is 31.0 Å². The van der Waals surface area contributed by atoms with Crippen LogP contribution >= 0.6 is 0 Å². The Labute approximate surface area is 138 Å². The SMILES string of the molecule is Cc1cnn(CC(C)C)c1NC(=O)CCC(=O)NC1CCCC1. The molecular weight excluding hydrogens is 292 g/mol. The second kappa shape index (κ2) is 8.13. The Morgan fingerprint density at radius 2 is 1.91 bits per heavy atom. The molecule has 2 rings (SSSR count). The van der Waals surface area contributed by atoms with E-state index < -0.39 is 0 Å². The molecule has 1 saturated carbocycles. The van der Waals surface area contributed by atoms with Crippen molar-refractivity contribution in [1.29, 1.82) is 0 Å². The number of hydrogen-bond donors (Lipinski definition) is 2. The zero-order valence-corrected chi connectivity index (χ0v) is 14.4. The molecule has 0 unspecified atom stereocenters. The van der Waals surface area contributed by atoms with Crippen LogP contribution < -0.4 is 10.6 Å². The molecule has 0 spiro atoms. The molecule has 2 N–H and O–H groups in total. The van der Waals surface area contributed by atoms with Crippen molar-refractivity contribution in [2.75, 3.05) is 5.32 Å². The summed E-state index contributed by atoms with van der Waals surface area (Å²) < 4.78 is 1.82. The van der Waals surface area contributed by atoms with Crippen LogP contribution in [-0.4, -0.2) is 27.6 Å². The van der Waals surface area contributed by atoms with Crippen LogP contribution in [-0.2, 0) is 16.1 Å². The summed E-state index contributed by atoms with van der Waals surface area (Å²) in [5.41, 5.74) is 0.939. The van der Waals surface area contributed by atoms with Crippen LogP contribution in [0.3, 0.4) is 0 Å². The normalized spacial score (nSPS) is 15.1. The molecule has 0 bridgehead atoms. The molecule has 1 aliphatic rings. The molecule has 1 fully saturated rings. The Morgan fingerprint density at radius 1 is 1.26 bits per heavy atom. The maximum absolute atomic E-state index is 12.1. The van der Waals surface area contributed by atoms with E-state index >= 15 is 0 Å². The van der Waals surface area contributed by atoms with Crippen LogP contribution in [0.4, 0.5) is 5.82 Å². The molecule has 1 heterocycles. The first-order valence-electron chi connectivity index (χ1n) is 8.57. The lowest BCUT2D eigenvalue weighted by molar-refractivity contribution is -0.124. The van der Waals surface area contributed by atoms with Gasteiger partial charge in [0.05, 0.1) is 6.20 Å². The second-order valence-corrected chi connectivity index (χ2v) is 6.85. The number of rotatable bonds is 7. The first-order valence-corrected chi connectivity index (χ1v) is 8.57. The lowest BCUT2D eigenvalue weighted by Crippen LogP contribution is -2.33. The van der Waals surface area contributed by atoms with Crippen LogP contribution in [0, 0.1) is 12.8 Å². The van der Waals surface area contributed by atoms with E-state index in [1.54, 1.807) is 6.20 Å². The van der Waals surface area contributed by atoms with Crippen molar-refractivity contribution in [2.24, 2.45) is 5.92 Å². The van der Waals surface area contributed by atoms with Crippen molar-refractivity contribution in [3.8, 4) is 0 Å². The fraction of sp³-hybridized carbons (Fsp3) is 0.706. The van der Waals surface area contributed by atoms with Crippen molar-refractivity contribution in [1.82, 2.24) is 15.1 Å². The summed E-state index contributed by atoms with van der Waals surface area (Å²) >= 11 is 0. The van der Waals surface area contributed by atoms with Crippen molar-refractivity contribution in [3.05, 3.63) is 11.8 Å². The van der Waals surface area contributed by atoms with Gasteiger partial charge in [-0.25, -0.2) is 4.68 Å². The molecule has 1 aromatic rings. The Morgan fingerprint density at radius 3 is 2.57 bits per heavy atom. The van der Waals surface area contributed by atoms with Crippen molar-refractivity contribution in [3.63, 3.8) is 0 Å². The topological polar surface area (TPSA) is 76.0 Å². The van der Waals surface area contributed by atoms with Gasteiger partial charge >= 0.3 is 0 Å². The summed E-state index contributed by atoms with van der Waals surface area (Å²) in [6.45, 7) is 6.89. The van der Waals surface area contributed by atoms with E-state index in [9.17, 15) is 9.59 Å². The Hall–Kier alpha value is -1.85. The summed E-state index contributed by atoms with van der Waals surface area (Å²) in [4.78, 5) is 24.0. The maximum Gasteiger partial charge on any atom is 0.226 e.